The van der Waals surface area contributed by atoms with Crippen LogP contribution in [0.2, 0.25) is 0 Å². The highest BCUT2D eigenvalue weighted by atomic mass is 32.2. The molecule has 0 bridgehead atoms. The zero-order valence-corrected chi connectivity index (χ0v) is 18.8. The van der Waals surface area contributed by atoms with E-state index in [4.69, 9.17) is 18.4 Å². The van der Waals surface area contributed by atoms with Crippen LogP contribution in [-0.2, 0) is 39.9 Å². The molecule has 0 unspecified atom stereocenters. The molecule has 1 aromatic rings. The number of piperidine rings is 1. The number of carbonyl (C=O) groups is 2. The number of amides is 1. The fraction of sp³-hybridized carbons (Fsp3) is 0.619. The van der Waals surface area contributed by atoms with Gasteiger partial charge in [0, 0.05) is 19.7 Å². The number of likely N-dealkylation sites (tertiary alicyclic amines) is 1. The molecule has 0 radical (unpaired) electrons. The molecule has 0 saturated carbocycles. The van der Waals surface area contributed by atoms with E-state index in [0.717, 1.165) is 31.1 Å². The van der Waals surface area contributed by atoms with Crippen molar-refractivity contribution in [2.45, 2.75) is 38.9 Å². The Morgan fingerprint density at radius 3 is 2.42 bits per heavy atom. The van der Waals surface area contributed by atoms with Gasteiger partial charge in [-0.1, -0.05) is 30.3 Å². The molecular weight excluding hydrogens is 426 g/mol. The summed E-state index contributed by atoms with van der Waals surface area (Å²) in [4.78, 5) is 25.7. The Labute approximate surface area is 183 Å². The quantitative estimate of drug-likeness (QED) is 0.283. The Hall–Kier alpha value is -2.17. The van der Waals surface area contributed by atoms with Crippen molar-refractivity contribution in [3.63, 3.8) is 0 Å². The highest BCUT2D eigenvalue weighted by Crippen LogP contribution is 2.21. The maximum Gasteiger partial charge on any atom is 0.410 e. The highest BCUT2D eigenvalue weighted by molar-refractivity contribution is 7.86. The number of ether oxygens (including phenoxy) is 3. The molecule has 0 aromatic heterocycles. The van der Waals surface area contributed by atoms with Gasteiger partial charge in [-0.25, -0.2) is 9.59 Å². The van der Waals surface area contributed by atoms with Gasteiger partial charge in [-0.15, -0.1) is 0 Å². The molecular formula is C21H31NO8S. The van der Waals surface area contributed by atoms with Gasteiger partial charge in [0.15, 0.2) is 6.10 Å². The van der Waals surface area contributed by atoms with Crippen LogP contribution in [0.25, 0.3) is 0 Å². The second-order valence-electron chi connectivity index (χ2n) is 7.38. The first-order chi connectivity index (χ1) is 14.8. The number of hydrogen-bond acceptors (Lipinski definition) is 8. The molecule has 1 saturated heterocycles. The topological polar surface area (TPSA) is 108 Å². The van der Waals surface area contributed by atoms with E-state index in [2.05, 4.69) is 0 Å². The summed E-state index contributed by atoms with van der Waals surface area (Å²) in [5.41, 5.74) is 0.948. The predicted molar refractivity (Wildman–Crippen MR) is 113 cm³/mol. The molecule has 9 nitrogen and oxygen atoms in total. The molecule has 1 amide bonds. The van der Waals surface area contributed by atoms with E-state index in [1.54, 1.807) is 11.8 Å². The zero-order chi connectivity index (χ0) is 22.7. The van der Waals surface area contributed by atoms with Crippen LogP contribution in [0.1, 0.15) is 31.7 Å². The van der Waals surface area contributed by atoms with E-state index in [1.807, 2.05) is 30.3 Å². The summed E-state index contributed by atoms with van der Waals surface area (Å²) in [6, 6.07) is 9.54. The third-order valence-corrected chi connectivity index (χ3v) is 5.44. The van der Waals surface area contributed by atoms with Crippen molar-refractivity contribution < 1.29 is 36.4 Å². The second kappa shape index (κ2) is 12.6. The van der Waals surface area contributed by atoms with Crippen molar-refractivity contribution in [1.29, 1.82) is 0 Å². The molecule has 174 valence electrons. The molecule has 31 heavy (non-hydrogen) atoms. The number of rotatable bonds is 11. The first-order valence-electron chi connectivity index (χ1n) is 10.4. The Kier molecular flexibility index (Phi) is 10.2. The summed E-state index contributed by atoms with van der Waals surface area (Å²) in [7, 11) is -3.81. The molecule has 0 N–H and O–H groups in total. The molecule has 1 heterocycles. The predicted octanol–water partition coefficient (Wildman–Crippen LogP) is 2.35. The van der Waals surface area contributed by atoms with Gasteiger partial charge in [-0.05, 0) is 37.7 Å². The third kappa shape index (κ3) is 9.67. The van der Waals surface area contributed by atoms with Crippen LogP contribution in [0.4, 0.5) is 4.79 Å². The average Bonchev–Trinajstić information content (AvgIpc) is 2.74. The molecule has 2 rings (SSSR count). The normalized spacial score (nSPS) is 16.0. The van der Waals surface area contributed by atoms with Crippen LogP contribution in [0.5, 0.6) is 0 Å². The van der Waals surface area contributed by atoms with Crippen LogP contribution >= 0.6 is 0 Å². The van der Waals surface area contributed by atoms with Crippen LogP contribution < -0.4 is 0 Å². The second-order valence-corrected chi connectivity index (χ2v) is 8.98. The maximum atomic E-state index is 12.2. The summed E-state index contributed by atoms with van der Waals surface area (Å²) in [6.07, 6.45) is 1.64. The lowest BCUT2D eigenvalue weighted by Gasteiger charge is -2.31. The monoisotopic (exact) mass is 457 g/mol. The number of hydrogen-bond donors (Lipinski definition) is 0. The van der Waals surface area contributed by atoms with Crippen LogP contribution in [0, 0.1) is 5.92 Å². The number of carbonyl (C=O) groups excluding carboxylic acids is 2. The van der Waals surface area contributed by atoms with Crippen molar-refractivity contribution in [2.75, 3.05) is 39.2 Å². The van der Waals surface area contributed by atoms with Gasteiger partial charge in [0.05, 0.1) is 19.5 Å². The van der Waals surface area contributed by atoms with Crippen LogP contribution in [-0.4, -0.2) is 70.7 Å². The SMILES string of the molecule is CCOC(=O)[C@@H](COCCC1CCN(C(=O)OCc2ccccc2)CC1)OS(C)(=O)=O. The minimum atomic E-state index is -3.81. The van der Waals surface area contributed by atoms with E-state index >= 15 is 0 Å². The average molecular weight is 458 g/mol. The Bertz CT molecular complexity index is 791. The molecule has 1 aliphatic rings. The summed E-state index contributed by atoms with van der Waals surface area (Å²) in [6.45, 7) is 3.38. The highest BCUT2D eigenvalue weighted by Gasteiger charge is 2.27. The molecule has 0 aliphatic carbocycles. The molecule has 1 fully saturated rings. The summed E-state index contributed by atoms with van der Waals surface area (Å²) in [5.74, 6) is -0.398. The van der Waals surface area contributed by atoms with E-state index < -0.39 is 22.2 Å². The van der Waals surface area contributed by atoms with Gasteiger partial charge < -0.3 is 19.1 Å². The zero-order valence-electron chi connectivity index (χ0n) is 18.0. The number of esters is 1. The Balaban J connectivity index is 1.65. The Morgan fingerprint density at radius 1 is 1.13 bits per heavy atom. The number of benzene rings is 1. The standard InChI is InChI=1S/C21H31NO8S/c1-3-28-20(23)19(30-31(2,25)26)16-27-14-11-17-9-12-22(13-10-17)21(24)29-15-18-7-5-4-6-8-18/h4-8,17,19H,3,9-16H2,1-2H3/t19-/m1/s1. The minimum Gasteiger partial charge on any atom is -0.464 e. The van der Waals surface area contributed by atoms with Gasteiger partial charge in [-0.2, -0.15) is 8.42 Å². The van der Waals surface area contributed by atoms with E-state index in [9.17, 15) is 18.0 Å². The van der Waals surface area contributed by atoms with Crippen LogP contribution in [0.3, 0.4) is 0 Å². The number of nitrogens with zero attached hydrogens (tertiary/aromatic N) is 1. The smallest absolute Gasteiger partial charge is 0.410 e. The van der Waals surface area contributed by atoms with Crippen molar-refractivity contribution in [1.82, 2.24) is 4.90 Å². The Morgan fingerprint density at radius 2 is 1.81 bits per heavy atom. The van der Waals surface area contributed by atoms with Gasteiger partial charge >= 0.3 is 12.1 Å². The van der Waals surface area contributed by atoms with E-state index in [1.165, 1.54) is 0 Å². The van der Waals surface area contributed by atoms with E-state index in [0.29, 0.717) is 25.6 Å². The third-order valence-electron chi connectivity index (χ3n) is 4.86. The maximum absolute atomic E-state index is 12.2. The lowest BCUT2D eigenvalue weighted by atomic mass is 9.94. The minimum absolute atomic E-state index is 0.120. The first-order valence-corrected chi connectivity index (χ1v) is 12.2. The van der Waals surface area contributed by atoms with Gasteiger partial charge in [0.1, 0.15) is 6.61 Å². The molecule has 1 aliphatic heterocycles. The molecule has 1 aromatic carbocycles. The van der Waals surface area contributed by atoms with Crippen molar-refractivity contribution in [2.24, 2.45) is 5.92 Å². The van der Waals surface area contributed by atoms with Gasteiger partial charge in [-0.3, -0.25) is 4.18 Å². The molecule has 0 spiro atoms. The molecule has 1 atom stereocenters. The summed E-state index contributed by atoms with van der Waals surface area (Å²) >= 11 is 0. The van der Waals surface area contributed by atoms with E-state index in [-0.39, 0.29) is 25.9 Å². The van der Waals surface area contributed by atoms with Gasteiger partial charge in [0.25, 0.3) is 10.1 Å². The fourth-order valence-electron chi connectivity index (χ4n) is 3.24. The first kappa shape index (κ1) is 25.1. The van der Waals surface area contributed by atoms with Gasteiger partial charge in [0.2, 0.25) is 0 Å². The van der Waals surface area contributed by atoms with Crippen LogP contribution in [0.15, 0.2) is 30.3 Å². The van der Waals surface area contributed by atoms with Crippen molar-refractivity contribution in [3.05, 3.63) is 35.9 Å². The van der Waals surface area contributed by atoms with Crippen molar-refractivity contribution >= 4 is 22.2 Å². The lowest BCUT2D eigenvalue weighted by molar-refractivity contribution is -0.154. The largest absolute Gasteiger partial charge is 0.464 e. The molecule has 10 heteroatoms. The summed E-state index contributed by atoms with van der Waals surface area (Å²) in [5, 5.41) is 0. The summed E-state index contributed by atoms with van der Waals surface area (Å²) < 4.78 is 43.0. The lowest BCUT2D eigenvalue weighted by Crippen LogP contribution is -2.39. The fourth-order valence-corrected chi connectivity index (χ4v) is 3.79. The van der Waals surface area contributed by atoms with Crippen molar-refractivity contribution in [3.8, 4) is 0 Å².